The Morgan fingerprint density at radius 3 is 2.48 bits per heavy atom. The topological polar surface area (TPSA) is 103 Å². The number of benzene rings is 1. The van der Waals surface area contributed by atoms with Crippen LogP contribution in [-0.4, -0.2) is 32.3 Å². The van der Waals surface area contributed by atoms with Crippen molar-refractivity contribution in [3.8, 4) is 0 Å². The number of nitrogens with two attached hydrogens (primary N) is 1. The number of primary amides is 1. The van der Waals surface area contributed by atoms with Crippen LogP contribution in [0, 0.1) is 6.92 Å². The molecule has 8 heteroatoms. The van der Waals surface area contributed by atoms with Crippen LogP contribution in [0.15, 0.2) is 29.4 Å². The summed E-state index contributed by atoms with van der Waals surface area (Å²) in [5, 5.41) is 11.3. The summed E-state index contributed by atoms with van der Waals surface area (Å²) in [6.45, 7) is 1.84. The molecule has 0 saturated heterocycles. The van der Waals surface area contributed by atoms with Crippen LogP contribution in [0.4, 0.5) is 5.69 Å². The zero-order chi connectivity index (χ0) is 15.4. The van der Waals surface area contributed by atoms with E-state index in [1.807, 2.05) is 18.5 Å². The number of anilines is 1. The van der Waals surface area contributed by atoms with Gasteiger partial charge < -0.3 is 15.6 Å². The predicted octanol–water partition coefficient (Wildman–Crippen LogP) is 0.953. The number of carbonyl (C=O) groups is 2. The fourth-order valence-electron chi connectivity index (χ4n) is 1.56. The molecule has 1 aromatic heterocycles. The standard InChI is InChI=1S/C13H15N5O2S/c1-8-16-17-13(18(8)2)21-7-11(19)15-10-5-3-9(4-6-10)12(14)20/h3-6H,7H2,1-2H3,(H2,14,20)(H,15,19). The number of nitrogens with one attached hydrogen (secondary N) is 1. The van der Waals surface area contributed by atoms with Crippen LogP contribution in [-0.2, 0) is 11.8 Å². The monoisotopic (exact) mass is 305 g/mol. The highest BCUT2D eigenvalue weighted by Gasteiger charge is 2.09. The van der Waals surface area contributed by atoms with Crippen molar-refractivity contribution in [2.45, 2.75) is 12.1 Å². The van der Waals surface area contributed by atoms with E-state index in [0.29, 0.717) is 16.4 Å². The van der Waals surface area contributed by atoms with Gasteiger partial charge in [-0.05, 0) is 31.2 Å². The largest absolute Gasteiger partial charge is 0.366 e. The van der Waals surface area contributed by atoms with Gasteiger partial charge in [-0.15, -0.1) is 10.2 Å². The van der Waals surface area contributed by atoms with E-state index in [9.17, 15) is 9.59 Å². The van der Waals surface area contributed by atoms with Gasteiger partial charge in [0.15, 0.2) is 5.16 Å². The van der Waals surface area contributed by atoms with Crippen molar-refractivity contribution in [1.82, 2.24) is 14.8 Å². The lowest BCUT2D eigenvalue weighted by Crippen LogP contribution is -2.15. The number of hydrogen-bond acceptors (Lipinski definition) is 5. The molecule has 2 aromatic rings. The van der Waals surface area contributed by atoms with Crippen molar-refractivity contribution < 1.29 is 9.59 Å². The van der Waals surface area contributed by atoms with Gasteiger partial charge in [0, 0.05) is 18.3 Å². The second kappa shape index (κ2) is 6.40. The molecule has 2 rings (SSSR count). The molecular formula is C13H15N5O2S. The van der Waals surface area contributed by atoms with Crippen LogP contribution in [0.2, 0.25) is 0 Å². The Morgan fingerprint density at radius 2 is 1.95 bits per heavy atom. The van der Waals surface area contributed by atoms with Gasteiger partial charge >= 0.3 is 0 Å². The molecule has 2 amide bonds. The van der Waals surface area contributed by atoms with Crippen LogP contribution < -0.4 is 11.1 Å². The Bertz CT molecular complexity index is 666. The van der Waals surface area contributed by atoms with Crippen LogP contribution in [0.3, 0.4) is 0 Å². The zero-order valence-electron chi connectivity index (χ0n) is 11.7. The van der Waals surface area contributed by atoms with Gasteiger partial charge in [0.2, 0.25) is 11.8 Å². The molecule has 21 heavy (non-hydrogen) atoms. The summed E-state index contributed by atoms with van der Waals surface area (Å²) in [5.74, 6) is 0.359. The normalized spacial score (nSPS) is 10.4. The van der Waals surface area contributed by atoms with Crippen LogP contribution in [0.5, 0.6) is 0 Å². The highest BCUT2D eigenvalue weighted by Crippen LogP contribution is 2.16. The maximum Gasteiger partial charge on any atom is 0.248 e. The zero-order valence-corrected chi connectivity index (χ0v) is 12.5. The summed E-state index contributed by atoms with van der Waals surface area (Å²) in [7, 11) is 1.85. The minimum atomic E-state index is -0.499. The van der Waals surface area contributed by atoms with Gasteiger partial charge in [-0.2, -0.15) is 0 Å². The lowest BCUT2D eigenvalue weighted by molar-refractivity contribution is -0.113. The summed E-state index contributed by atoms with van der Waals surface area (Å²) in [6.07, 6.45) is 0. The van der Waals surface area contributed by atoms with Crippen molar-refractivity contribution in [2.75, 3.05) is 11.1 Å². The van der Waals surface area contributed by atoms with E-state index >= 15 is 0 Å². The molecule has 0 atom stereocenters. The Balaban J connectivity index is 1.89. The minimum absolute atomic E-state index is 0.160. The summed E-state index contributed by atoms with van der Waals surface area (Å²) in [5.41, 5.74) is 6.16. The molecule has 0 aliphatic heterocycles. The number of rotatable bonds is 5. The smallest absolute Gasteiger partial charge is 0.248 e. The van der Waals surface area contributed by atoms with E-state index in [2.05, 4.69) is 15.5 Å². The summed E-state index contributed by atoms with van der Waals surface area (Å²) in [6, 6.07) is 6.40. The molecule has 0 aliphatic carbocycles. The number of aryl methyl sites for hydroxylation is 1. The quantitative estimate of drug-likeness (QED) is 0.801. The number of carbonyl (C=O) groups excluding carboxylic acids is 2. The van der Waals surface area contributed by atoms with Crippen molar-refractivity contribution in [3.05, 3.63) is 35.7 Å². The summed E-state index contributed by atoms with van der Waals surface area (Å²) >= 11 is 1.31. The first-order valence-corrected chi connectivity index (χ1v) is 7.14. The summed E-state index contributed by atoms with van der Waals surface area (Å²) in [4.78, 5) is 22.8. The Hall–Kier alpha value is -2.35. The highest BCUT2D eigenvalue weighted by molar-refractivity contribution is 7.99. The van der Waals surface area contributed by atoms with Crippen LogP contribution >= 0.6 is 11.8 Å². The van der Waals surface area contributed by atoms with E-state index in [-0.39, 0.29) is 11.7 Å². The summed E-state index contributed by atoms with van der Waals surface area (Å²) < 4.78 is 1.82. The molecule has 0 spiro atoms. The third-order valence-electron chi connectivity index (χ3n) is 2.84. The van der Waals surface area contributed by atoms with Crippen molar-refractivity contribution in [1.29, 1.82) is 0 Å². The fourth-order valence-corrected chi connectivity index (χ4v) is 2.32. The minimum Gasteiger partial charge on any atom is -0.366 e. The van der Waals surface area contributed by atoms with Gasteiger partial charge in [0.25, 0.3) is 0 Å². The fraction of sp³-hybridized carbons (Fsp3) is 0.231. The average molecular weight is 305 g/mol. The molecule has 1 heterocycles. The number of thioether (sulfide) groups is 1. The number of aromatic nitrogens is 3. The predicted molar refractivity (Wildman–Crippen MR) is 80.1 cm³/mol. The molecule has 0 bridgehead atoms. The third-order valence-corrected chi connectivity index (χ3v) is 3.86. The third kappa shape index (κ3) is 3.82. The molecule has 0 saturated carbocycles. The van der Waals surface area contributed by atoms with E-state index in [1.54, 1.807) is 24.3 Å². The van der Waals surface area contributed by atoms with Crippen molar-refractivity contribution >= 4 is 29.3 Å². The van der Waals surface area contributed by atoms with E-state index in [0.717, 1.165) is 5.82 Å². The molecule has 3 N–H and O–H groups in total. The Kier molecular flexibility index (Phi) is 4.59. The molecule has 0 radical (unpaired) electrons. The molecule has 7 nitrogen and oxygen atoms in total. The lowest BCUT2D eigenvalue weighted by Gasteiger charge is -2.05. The molecular weight excluding hydrogens is 290 g/mol. The first kappa shape index (κ1) is 15.0. The molecule has 0 unspecified atom stereocenters. The first-order valence-electron chi connectivity index (χ1n) is 6.16. The van der Waals surface area contributed by atoms with Gasteiger partial charge in [0.05, 0.1) is 5.75 Å². The lowest BCUT2D eigenvalue weighted by atomic mass is 10.2. The molecule has 0 aliphatic rings. The van der Waals surface area contributed by atoms with Gasteiger partial charge in [-0.1, -0.05) is 11.8 Å². The van der Waals surface area contributed by atoms with Gasteiger partial charge in [-0.3, -0.25) is 9.59 Å². The van der Waals surface area contributed by atoms with E-state index in [1.165, 1.54) is 11.8 Å². The number of hydrogen-bond donors (Lipinski definition) is 2. The van der Waals surface area contributed by atoms with Crippen molar-refractivity contribution in [3.63, 3.8) is 0 Å². The first-order chi connectivity index (χ1) is 9.97. The Labute approximate surface area is 125 Å². The van der Waals surface area contributed by atoms with E-state index < -0.39 is 5.91 Å². The molecule has 0 fully saturated rings. The maximum atomic E-state index is 11.8. The number of amides is 2. The molecule has 110 valence electrons. The Morgan fingerprint density at radius 1 is 1.29 bits per heavy atom. The van der Waals surface area contributed by atoms with Gasteiger partial charge in [0.1, 0.15) is 5.82 Å². The second-order valence-electron chi connectivity index (χ2n) is 4.37. The van der Waals surface area contributed by atoms with Crippen LogP contribution in [0.1, 0.15) is 16.2 Å². The SMILES string of the molecule is Cc1nnc(SCC(=O)Nc2ccc(C(N)=O)cc2)n1C. The second-order valence-corrected chi connectivity index (χ2v) is 5.31. The van der Waals surface area contributed by atoms with Crippen LogP contribution in [0.25, 0.3) is 0 Å². The van der Waals surface area contributed by atoms with E-state index in [4.69, 9.17) is 5.73 Å². The van der Waals surface area contributed by atoms with Gasteiger partial charge in [-0.25, -0.2) is 0 Å². The molecule has 1 aromatic carbocycles. The maximum absolute atomic E-state index is 11.8. The average Bonchev–Trinajstić information content (AvgIpc) is 2.77. The highest BCUT2D eigenvalue weighted by atomic mass is 32.2. The number of nitrogens with zero attached hydrogens (tertiary/aromatic N) is 3. The van der Waals surface area contributed by atoms with Crippen molar-refractivity contribution in [2.24, 2.45) is 12.8 Å².